The van der Waals surface area contributed by atoms with Crippen LogP contribution in [0.15, 0.2) is 113 Å². The Balaban J connectivity index is 1.13. The number of carbonyl (C=O) groups is 2. The molecule has 2 unspecified atom stereocenters. The van der Waals surface area contributed by atoms with Crippen molar-refractivity contribution in [3.05, 3.63) is 128 Å². The molecular formula is C78H100N2O3S4. The van der Waals surface area contributed by atoms with E-state index in [1.54, 1.807) is 22.7 Å². The van der Waals surface area contributed by atoms with Gasteiger partial charge in [0.25, 0.3) is 11.8 Å². The van der Waals surface area contributed by atoms with Gasteiger partial charge in [0.2, 0.25) is 0 Å². The molecule has 0 bridgehead atoms. The number of hydrogen-bond acceptors (Lipinski definition) is 7. The second-order valence-electron chi connectivity index (χ2n) is 27.6. The predicted octanol–water partition coefficient (Wildman–Crippen LogP) is 25.1. The van der Waals surface area contributed by atoms with Gasteiger partial charge >= 0.3 is 0 Å². The van der Waals surface area contributed by atoms with Gasteiger partial charge in [-0.05, 0) is 90.3 Å². The number of nitrogens with zero attached hydrogens (tertiary/aromatic N) is 2. The van der Waals surface area contributed by atoms with Crippen molar-refractivity contribution in [2.24, 2.45) is 11.8 Å². The highest BCUT2D eigenvalue weighted by molar-refractivity contribution is 7.31. The second kappa shape index (κ2) is 29.7. The third-order valence-corrected chi connectivity index (χ3v) is 24.2. The first-order valence-electron chi connectivity index (χ1n) is 34.1. The molecule has 7 heterocycles. The predicted molar refractivity (Wildman–Crippen MR) is 381 cm³/mol. The van der Waals surface area contributed by atoms with Crippen LogP contribution in [0.2, 0.25) is 0 Å². The lowest BCUT2D eigenvalue weighted by molar-refractivity contribution is -0.124. The molecular weight excluding hydrogens is 1140 g/mol. The van der Waals surface area contributed by atoms with Crippen LogP contribution in [0.5, 0.6) is 0 Å². The van der Waals surface area contributed by atoms with Crippen molar-refractivity contribution >= 4 is 99.7 Å². The fraction of sp³-hybridized carbons (Fsp3) is 0.513. The van der Waals surface area contributed by atoms with Crippen molar-refractivity contribution in [1.29, 1.82) is 0 Å². The third-order valence-electron chi connectivity index (χ3n) is 18.5. The minimum absolute atomic E-state index is 0.0186. The minimum atomic E-state index is -0.0704. The molecule has 2 atom stereocenters. The van der Waals surface area contributed by atoms with Gasteiger partial charge in [-0.1, -0.05) is 258 Å². The van der Waals surface area contributed by atoms with Crippen LogP contribution in [0, 0.1) is 11.8 Å². The largest absolute Gasteiger partial charge is 0.455 e. The first-order chi connectivity index (χ1) is 42.1. The van der Waals surface area contributed by atoms with E-state index in [9.17, 15) is 0 Å². The second-order valence-corrected chi connectivity index (χ2v) is 31.9. The summed E-state index contributed by atoms with van der Waals surface area (Å²) in [6.45, 7) is 24.2. The summed E-state index contributed by atoms with van der Waals surface area (Å²) in [4.78, 5) is 43.8. The number of amides is 2. The topological polar surface area (TPSA) is 53.8 Å². The zero-order valence-electron chi connectivity index (χ0n) is 54.5. The van der Waals surface area contributed by atoms with Crippen molar-refractivity contribution in [3.8, 4) is 32.2 Å². The molecule has 0 radical (unpaired) electrons. The molecule has 0 N–H and O–H groups in total. The van der Waals surface area contributed by atoms with Crippen molar-refractivity contribution in [3.63, 3.8) is 0 Å². The molecule has 87 heavy (non-hydrogen) atoms. The summed E-state index contributed by atoms with van der Waals surface area (Å²) in [5.41, 5.74) is 7.11. The molecule has 0 saturated heterocycles. The van der Waals surface area contributed by atoms with E-state index in [0.717, 1.165) is 85.1 Å². The van der Waals surface area contributed by atoms with Gasteiger partial charge in [0.15, 0.2) is 0 Å². The van der Waals surface area contributed by atoms with Crippen LogP contribution in [0.1, 0.15) is 243 Å². The van der Waals surface area contributed by atoms with Crippen LogP contribution in [-0.4, -0.2) is 34.7 Å². The Morgan fingerprint density at radius 3 is 1.36 bits per heavy atom. The molecule has 0 spiro atoms. The highest BCUT2D eigenvalue weighted by Crippen LogP contribution is 2.55. The Bertz CT molecular complexity index is 3640. The first kappa shape index (κ1) is 64.9. The van der Waals surface area contributed by atoms with Gasteiger partial charge in [-0.2, -0.15) is 0 Å². The zero-order chi connectivity index (χ0) is 61.2. The van der Waals surface area contributed by atoms with Crippen LogP contribution in [0.4, 0.5) is 0 Å². The van der Waals surface area contributed by atoms with E-state index in [1.165, 1.54) is 163 Å². The van der Waals surface area contributed by atoms with E-state index < -0.39 is 0 Å². The van der Waals surface area contributed by atoms with Crippen LogP contribution < -0.4 is 0 Å². The van der Waals surface area contributed by atoms with Gasteiger partial charge in [0, 0.05) is 59.9 Å². The normalized spacial score (nSPS) is 14.9. The maximum atomic E-state index is 16.3. The quantitative estimate of drug-likeness (QED) is 0.0385. The molecule has 2 amide bonds. The molecule has 0 saturated carbocycles. The number of unbranched alkanes of at least 4 members (excludes halogenated alkanes) is 16. The molecule has 5 aromatic heterocycles. The summed E-state index contributed by atoms with van der Waals surface area (Å²) in [6.07, 6.45) is 29.1. The lowest BCUT2D eigenvalue weighted by Crippen LogP contribution is -2.34. The van der Waals surface area contributed by atoms with E-state index in [0.29, 0.717) is 36.1 Å². The molecule has 0 aliphatic carbocycles. The molecule has 10 rings (SSSR count). The number of hydrogen-bond donors (Lipinski definition) is 0. The molecule has 2 aliphatic rings. The van der Waals surface area contributed by atoms with Gasteiger partial charge in [-0.25, -0.2) is 0 Å². The number of thiophene rings is 4. The summed E-state index contributed by atoms with van der Waals surface area (Å²) in [7, 11) is 0. The number of fused-ring (bicyclic) bond motifs is 7. The van der Waals surface area contributed by atoms with E-state index >= 15 is 9.59 Å². The number of carbonyl (C=O) groups excluding carboxylic acids is 2. The van der Waals surface area contributed by atoms with Gasteiger partial charge in [-0.15, -0.1) is 45.3 Å². The van der Waals surface area contributed by atoms with Gasteiger partial charge in [0.1, 0.15) is 11.3 Å². The summed E-state index contributed by atoms with van der Waals surface area (Å²) in [5, 5.41) is 3.52. The van der Waals surface area contributed by atoms with Gasteiger partial charge in [-0.3, -0.25) is 9.59 Å². The van der Waals surface area contributed by atoms with E-state index in [1.807, 2.05) is 22.7 Å². The van der Waals surface area contributed by atoms with Crippen molar-refractivity contribution < 1.29 is 14.0 Å². The summed E-state index contributed by atoms with van der Waals surface area (Å²) < 4.78 is 9.78. The zero-order valence-corrected chi connectivity index (χ0v) is 57.8. The van der Waals surface area contributed by atoms with Crippen LogP contribution in [-0.2, 0) is 20.4 Å². The van der Waals surface area contributed by atoms with E-state index in [4.69, 9.17) is 4.42 Å². The molecule has 9 heteroatoms. The summed E-state index contributed by atoms with van der Waals surface area (Å²) in [5.74, 6) is 1.62. The summed E-state index contributed by atoms with van der Waals surface area (Å²) in [6, 6.07) is 35.3. The molecule has 5 nitrogen and oxygen atoms in total. The molecule has 0 fully saturated rings. The molecule has 2 aliphatic heterocycles. The monoisotopic (exact) mass is 1240 g/mol. The van der Waals surface area contributed by atoms with Gasteiger partial charge in [0.05, 0.1) is 41.7 Å². The lowest BCUT2D eigenvalue weighted by atomic mass is 9.93. The number of benzene rings is 3. The average molecular weight is 1240 g/mol. The van der Waals surface area contributed by atoms with Crippen molar-refractivity contribution in [2.75, 3.05) is 13.1 Å². The molecule has 464 valence electrons. The van der Waals surface area contributed by atoms with Gasteiger partial charge < -0.3 is 14.2 Å². The standard InChI is InChI=1S/C78H100N2O3S4/c1-11-15-19-23-25-31-39-53(37-29-21-17-13-3)51-79-69(67-68(76(79)82)70(61-47-48-63(85-61)77(5,6)7)80(75(67)81)52-54(38-30-22-18-14-4)40-32-26-24-20-16-12-2)60-46-45-59(84-60)62-49-57-66-65(55-41-33-27-34-42-55)71(56-43-35-28-36-44-56)83-72(66)58-50-64(78(8,9)10)87-74(58)73(57)86-62/h27-28,33-36,41-50,53-54H,11-26,29-32,37-40,51-52H2,1-10H3. The Morgan fingerprint density at radius 1 is 0.425 bits per heavy atom. The SMILES string of the molecule is CCCCCCCCC(CCCCCC)CN1C(=O)C2=C(c3ccc(C(C)(C)C)s3)N(CC(CCCCCC)CCCCCCCC)C(=O)C2=C1c1ccc(-c2cc3c(s2)c2sc(C(C)(C)C)cc2c2oc(-c4ccccc4)c(-c4ccccc4)c32)s1. The maximum absolute atomic E-state index is 16.3. The fourth-order valence-corrected chi connectivity index (χ4v) is 18.4. The Kier molecular flexibility index (Phi) is 22.2. The summed E-state index contributed by atoms with van der Waals surface area (Å²) >= 11 is 7.32. The Labute approximate surface area is 538 Å². The number of furan rings is 1. The molecule has 3 aromatic carbocycles. The minimum Gasteiger partial charge on any atom is -0.455 e. The third kappa shape index (κ3) is 14.7. The highest BCUT2D eigenvalue weighted by atomic mass is 32.1. The van der Waals surface area contributed by atoms with Crippen LogP contribution in [0.3, 0.4) is 0 Å². The van der Waals surface area contributed by atoms with Crippen LogP contribution >= 0.6 is 45.3 Å². The van der Waals surface area contributed by atoms with Crippen molar-refractivity contribution in [1.82, 2.24) is 9.80 Å². The Hall–Kier alpha value is -5.06. The smallest absolute Gasteiger partial charge is 0.261 e. The van der Waals surface area contributed by atoms with E-state index in [2.05, 4.69) is 176 Å². The van der Waals surface area contributed by atoms with Crippen LogP contribution in [0.25, 0.3) is 74.7 Å². The Morgan fingerprint density at radius 2 is 0.862 bits per heavy atom. The maximum Gasteiger partial charge on any atom is 0.261 e. The molecule has 8 aromatic rings. The lowest BCUT2D eigenvalue weighted by Gasteiger charge is -2.29. The first-order valence-corrected chi connectivity index (χ1v) is 37.3. The number of rotatable bonds is 33. The highest BCUT2D eigenvalue weighted by Gasteiger charge is 2.50. The van der Waals surface area contributed by atoms with Crippen molar-refractivity contribution in [2.45, 2.75) is 234 Å². The fourth-order valence-electron chi connectivity index (χ4n) is 13.6. The van der Waals surface area contributed by atoms with E-state index in [-0.39, 0.29) is 22.6 Å². The average Bonchev–Trinajstić information content (AvgIpc) is 1.62.